The van der Waals surface area contributed by atoms with Gasteiger partial charge in [-0.3, -0.25) is 4.79 Å². The maximum Gasteiger partial charge on any atom is 0.249 e. The van der Waals surface area contributed by atoms with Gasteiger partial charge in [0.1, 0.15) is 11.9 Å². The normalized spacial score (nSPS) is 22.9. The number of aliphatic hydroxyl groups excluding tert-OH is 1. The summed E-state index contributed by atoms with van der Waals surface area (Å²) in [5.74, 6) is 0.248. The van der Waals surface area contributed by atoms with Crippen molar-refractivity contribution in [1.29, 1.82) is 0 Å². The number of benzene rings is 2. The van der Waals surface area contributed by atoms with Crippen LogP contribution in [0.5, 0.6) is 5.75 Å². The molecule has 2 aromatic carbocycles. The molecule has 2 N–H and O–H groups in total. The van der Waals surface area contributed by atoms with Gasteiger partial charge >= 0.3 is 0 Å². The largest absolute Gasteiger partial charge is 0.497 e. The van der Waals surface area contributed by atoms with E-state index in [-0.39, 0.29) is 35.4 Å². The van der Waals surface area contributed by atoms with E-state index in [4.69, 9.17) is 14.2 Å². The van der Waals surface area contributed by atoms with Crippen LogP contribution in [0.25, 0.3) is 0 Å². The van der Waals surface area contributed by atoms with Crippen LogP contribution in [0.2, 0.25) is 0 Å². The van der Waals surface area contributed by atoms with Gasteiger partial charge in [0.25, 0.3) is 0 Å². The van der Waals surface area contributed by atoms with Crippen molar-refractivity contribution in [1.82, 2.24) is 9.62 Å². The van der Waals surface area contributed by atoms with Crippen LogP contribution >= 0.6 is 0 Å². The molecule has 220 valence electrons. The van der Waals surface area contributed by atoms with Crippen molar-refractivity contribution >= 4 is 15.9 Å². The second-order valence-electron chi connectivity index (χ2n) is 11.2. The highest BCUT2D eigenvalue weighted by atomic mass is 32.2. The van der Waals surface area contributed by atoms with Crippen molar-refractivity contribution in [3.63, 3.8) is 0 Å². The number of ether oxygens (including phenoxy) is 3. The minimum Gasteiger partial charge on any atom is -0.497 e. The van der Waals surface area contributed by atoms with Gasteiger partial charge in [0.15, 0.2) is 0 Å². The minimum atomic E-state index is -3.92. The van der Waals surface area contributed by atoms with E-state index in [2.05, 4.69) is 5.32 Å². The molecule has 0 unspecified atom stereocenters. The number of aliphatic hydroxyl groups is 1. The summed E-state index contributed by atoms with van der Waals surface area (Å²) < 4.78 is 45.6. The summed E-state index contributed by atoms with van der Waals surface area (Å²) in [6, 6.07) is 15.0. The van der Waals surface area contributed by atoms with E-state index in [0.29, 0.717) is 31.8 Å². The van der Waals surface area contributed by atoms with E-state index in [0.717, 1.165) is 24.8 Å². The number of carbonyl (C=O) groups is 1. The Hall–Kier alpha value is -2.50. The number of nitrogens with one attached hydrogen (secondary N) is 1. The van der Waals surface area contributed by atoms with Crippen molar-refractivity contribution in [2.75, 3.05) is 33.4 Å². The van der Waals surface area contributed by atoms with Crippen molar-refractivity contribution < 1.29 is 32.5 Å². The molecule has 1 amide bonds. The molecule has 4 rings (SSSR count). The first-order valence-electron chi connectivity index (χ1n) is 14.0. The Morgan fingerprint density at radius 3 is 2.45 bits per heavy atom. The molecule has 0 aliphatic carbocycles. The van der Waals surface area contributed by atoms with Crippen molar-refractivity contribution in [3.8, 4) is 5.75 Å². The molecule has 0 radical (unpaired) electrons. The molecule has 40 heavy (non-hydrogen) atoms. The van der Waals surface area contributed by atoms with Gasteiger partial charge in [-0.15, -0.1) is 0 Å². The SMILES string of the molecule is COc1ccc(S(=O)(=O)N(CC(C)C)C[C@@H](O)[C@H](Cc2ccccc2)NC(=O)[C@H]2C[C@]3(CCCO3)CCO2)cc1. The third-order valence-corrected chi connectivity index (χ3v) is 9.50. The number of carbonyl (C=O) groups excluding carboxylic acids is 1. The van der Waals surface area contributed by atoms with E-state index in [1.807, 2.05) is 44.2 Å². The van der Waals surface area contributed by atoms with Gasteiger partial charge in [0.2, 0.25) is 15.9 Å². The number of rotatable bonds is 12. The maximum atomic E-state index is 13.6. The van der Waals surface area contributed by atoms with Gasteiger partial charge in [-0.2, -0.15) is 4.31 Å². The minimum absolute atomic E-state index is 0.0145. The lowest BCUT2D eigenvalue weighted by Gasteiger charge is -2.37. The fraction of sp³-hybridized carbons (Fsp3) is 0.567. The predicted octanol–water partition coefficient (Wildman–Crippen LogP) is 3.16. The number of amides is 1. The van der Waals surface area contributed by atoms with Gasteiger partial charge in [-0.25, -0.2) is 8.42 Å². The summed E-state index contributed by atoms with van der Waals surface area (Å²) in [6.45, 7) is 5.01. The number of hydrogen-bond donors (Lipinski definition) is 2. The topological polar surface area (TPSA) is 114 Å². The Labute approximate surface area is 237 Å². The number of sulfonamides is 1. The third-order valence-electron chi connectivity index (χ3n) is 7.66. The van der Waals surface area contributed by atoms with Gasteiger partial charge < -0.3 is 24.6 Å². The lowest BCUT2D eigenvalue weighted by Crippen LogP contribution is -2.55. The molecule has 0 saturated carbocycles. The van der Waals surface area contributed by atoms with E-state index in [9.17, 15) is 18.3 Å². The first kappa shape index (κ1) is 30.5. The quantitative estimate of drug-likeness (QED) is 0.400. The zero-order valence-electron chi connectivity index (χ0n) is 23.6. The third kappa shape index (κ3) is 7.61. The Morgan fingerprint density at radius 1 is 1.10 bits per heavy atom. The molecule has 1 spiro atoms. The maximum absolute atomic E-state index is 13.6. The number of methoxy groups -OCH3 is 1. The monoisotopic (exact) mass is 574 g/mol. The number of hydrogen-bond acceptors (Lipinski definition) is 7. The molecule has 2 aromatic rings. The van der Waals surface area contributed by atoms with Crippen LogP contribution in [-0.4, -0.2) is 81.0 Å². The summed E-state index contributed by atoms with van der Waals surface area (Å²) in [6.07, 6.45) is 1.59. The first-order valence-corrected chi connectivity index (χ1v) is 15.5. The van der Waals surface area contributed by atoms with Crippen LogP contribution in [-0.2, 0) is 30.7 Å². The van der Waals surface area contributed by atoms with Gasteiger partial charge in [-0.05, 0) is 61.4 Å². The highest BCUT2D eigenvalue weighted by Crippen LogP contribution is 2.37. The fourth-order valence-corrected chi connectivity index (χ4v) is 7.13. The van der Waals surface area contributed by atoms with Gasteiger partial charge in [0.05, 0.1) is 36.4 Å². The van der Waals surface area contributed by atoms with Crippen LogP contribution in [0.4, 0.5) is 0 Å². The smallest absolute Gasteiger partial charge is 0.249 e. The molecule has 2 saturated heterocycles. The molecule has 2 heterocycles. The van der Waals surface area contributed by atoms with Crippen LogP contribution in [0.1, 0.15) is 45.1 Å². The lowest BCUT2D eigenvalue weighted by molar-refractivity contribution is -0.152. The van der Waals surface area contributed by atoms with Crippen molar-refractivity contribution in [2.45, 2.75) is 74.7 Å². The zero-order valence-corrected chi connectivity index (χ0v) is 24.4. The molecular formula is C30H42N2O7S. The molecule has 0 bridgehead atoms. The van der Waals surface area contributed by atoms with Crippen LogP contribution < -0.4 is 10.1 Å². The standard InChI is InChI=1S/C30H42N2O7S/c1-22(2)20-32(40(35,36)25-12-10-24(37-3)11-13-25)21-27(33)26(18-23-8-5-4-6-9-23)31-29(34)28-19-30(15-17-38-28)14-7-16-39-30/h4-6,8-13,22,26-28,33H,7,14-21H2,1-3H3,(H,31,34)/t26-,27+,28+,30-/m0/s1. The second kappa shape index (κ2) is 13.4. The second-order valence-corrected chi connectivity index (χ2v) is 13.2. The van der Waals surface area contributed by atoms with Gasteiger partial charge in [0, 0.05) is 26.1 Å². The highest BCUT2D eigenvalue weighted by Gasteiger charge is 2.43. The summed E-state index contributed by atoms with van der Waals surface area (Å²) >= 11 is 0. The van der Waals surface area contributed by atoms with E-state index in [1.54, 1.807) is 12.1 Å². The van der Waals surface area contributed by atoms with E-state index in [1.165, 1.54) is 23.5 Å². The van der Waals surface area contributed by atoms with Crippen LogP contribution in [0.15, 0.2) is 59.5 Å². The summed E-state index contributed by atoms with van der Waals surface area (Å²) in [7, 11) is -2.40. The molecule has 2 fully saturated rings. The summed E-state index contributed by atoms with van der Waals surface area (Å²) in [5.41, 5.74) is 0.592. The Morgan fingerprint density at radius 2 is 1.82 bits per heavy atom. The molecular weight excluding hydrogens is 532 g/mol. The molecule has 10 heteroatoms. The van der Waals surface area contributed by atoms with Crippen LogP contribution in [0, 0.1) is 5.92 Å². The number of nitrogens with zero attached hydrogens (tertiary/aromatic N) is 1. The molecule has 9 nitrogen and oxygen atoms in total. The molecule has 0 aromatic heterocycles. The molecule has 4 atom stereocenters. The average Bonchev–Trinajstić information content (AvgIpc) is 3.39. The molecule has 2 aliphatic heterocycles. The Kier molecular flexibility index (Phi) is 10.2. The lowest BCUT2D eigenvalue weighted by atomic mass is 9.87. The summed E-state index contributed by atoms with van der Waals surface area (Å²) in [5, 5.41) is 14.5. The first-order chi connectivity index (χ1) is 19.1. The highest BCUT2D eigenvalue weighted by molar-refractivity contribution is 7.89. The van der Waals surface area contributed by atoms with Crippen LogP contribution in [0.3, 0.4) is 0 Å². The average molecular weight is 575 g/mol. The van der Waals surface area contributed by atoms with Crippen molar-refractivity contribution in [2.24, 2.45) is 5.92 Å². The van der Waals surface area contributed by atoms with Gasteiger partial charge in [-0.1, -0.05) is 44.2 Å². The Bertz CT molecular complexity index is 1200. The predicted molar refractivity (Wildman–Crippen MR) is 152 cm³/mol. The van der Waals surface area contributed by atoms with E-state index >= 15 is 0 Å². The van der Waals surface area contributed by atoms with Crippen molar-refractivity contribution in [3.05, 3.63) is 60.2 Å². The molecule has 2 aliphatic rings. The van der Waals surface area contributed by atoms with E-state index < -0.39 is 28.3 Å². The Balaban J connectivity index is 1.54. The zero-order chi connectivity index (χ0) is 28.8. The summed E-state index contributed by atoms with van der Waals surface area (Å²) in [4.78, 5) is 13.6. The fourth-order valence-electron chi connectivity index (χ4n) is 5.51.